The molecule has 3 heterocycles. The summed E-state index contributed by atoms with van der Waals surface area (Å²) in [5, 5.41) is 3.39. The van der Waals surface area contributed by atoms with Crippen molar-refractivity contribution in [2.45, 2.75) is 26.3 Å². The van der Waals surface area contributed by atoms with Crippen molar-refractivity contribution in [3.8, 4) is 17.4 Å². The van der Waals surface area contributed by atoms with Crippen LogP contribution in [-0.4, -0.2) is 26.6 Å². The number of carbonyl (C=O) groups excluding carboxylic acids is 1. The molecule has 11 heteroatoms. The number of amides is 1. The Morgan fingerprint density at radius 3 is 2.50 bits per heavy atom. The van der Waals surface area contributed by atoms with E-state index in [0.717, 1.165) is 17.7 Å². The Kier molecular flexibility index (Phi) is 6.60. The van der Waals surface area contributed by atoms with E-state index >= 15 is 0 Å². The number of hydrogen-bond acceptors (Lipinski definition) is 5. The number of nitrogens with one attached hydrogen (secondary N) is 1. The van der Waals surface area contributed by atoms with Gasteiger partial charge in [-0.3, -0.25) is 9.20 Å². The molecule has 0 spiro atoms. The van der Waals surface area contributed by atoms with Gasteiger partial charge in [-0.05, 0) is 42.3 Å². The third-order valence-corrected chi connectivity index (χ3v) is 4.98. The largest absolute Gasteiger partial charge is 0.573 e. The van der Waals surface area contributed by atoms with Crippen LogP contribution in [-0.2, 0) is 13.0 Å². The first-order valence-corrected chi connectivity index (χ1v) is 10.5. The van der Waals surface area contributed by atoms with Crippen molar-refractivity contribution in [2.75, 3.05) is 0 Å². The van der Waals surface area contributed by atoms with E-state index in [0.29, 0.717) is 34.2 Å². The van der Waals surface area contributed by atoms with E-state index < -0.39 is 6.36 Å². The number of benzene rings is 1. The summed E-state index contributed by atoms with van der Waals surface area (Å²) in [5.74, 6) is -0.0956. The maximum atomic E-state index is 12.8. The molecule has 0 aliphatic heterocycles. The molecule has 4 rings (SSSR count). The number of aromatic nitrogens is 3. The van der Waals surface area contributed by atoms with Gasteiger partial charge >= 0.3 is 6.36 Å². The van der Waals surface area contributed by atoms with Crippen LogP contribution in [0.4, 0.5) is 13.2 Å². The van der Waals surface area contributed by atoms with Crippen LogP contribution in [0.25, 0.3) is 5.65 Å². The predicted molar refractivity (Wildman–Crippen MR) is 118 cm³/mol. The van der Waals surface area contributed by atoms with E-state index in [1.807, 2.05) is 6.92 Å². The van der Waals surface area contributed by atoms with Crippen LogP contribution in [0.3, 0.4) is 0 Å². The van der Waals surface area contributed by atoms with Gasteiger partial charge in [-0.1, -0.05) is 24.6 Å². The Labute approximate surface area is 197 Å². The number of rotatable bonds is 7. The first kappa shape index (κ1) is 23.4. The van der Waals surface area contributed by atoms with Gasteiger partial charge in [0.15, 0.2) is 0 Å². The Morgan fingerprint density at radius 2 is 1.85 bits per heavy atom. The molecule has 0 fully saturated rings. The van der Waals surface area contributed by atoms with Gasteiger partial charge in [-0.25, -0.2) is 9.97 Å². The molecule has 0 aliphatic carbocycles. The first-order valence-electron chi connectivity index (χ1n) is 10.1. The van der Waals surface area contributed by atoms with Gasteiger partial charge in [0.25, 0.3) is 5.91 Å². The molecule has 0 aliphatic rings. The Bertz CT molecular complexity index is 1310. The molecule has 1 N–H and O–H groups in total. The molecule has 1 aromatic carbocycles. The summed E-state index contributed by atoms with van der Waals surface area (Å²) in [5.41, 5.74) is 2.42. The van der Waals surface area contributed by atoms with Gasteiger partial charge in [0.05, 0.1) is 5.69 Å². The fourth-order valence-electron chi connectivity index (χ4n) is 3.23. The van der Waals surface area contributed by atoms with Gasteiger partial charge < -0.3 is 14.8 Å². The molecular formula is C23H18ClF3N4O3. The SMILES string of the molecule is CCc1nc2cc(Cl)ccn2c1C(=O)NCc1ccc(Oc2ccc(OC(F)(F)F)cc2)nc1. The normalized spacial score (nSPS) is 11.4. The number of pyridine rings is 2. The van der Waals surface area contributed by atoms with Gasteiger partial charge in [-0.2, -0.15) is 0 Å². The minimum Gasteiger partial charge on any atom is -0.439 e. The second-order valence-corrected chi connectivity index (χ2v) is 7.58. The van der Waals surface area contributed by atoms with Crippen LogP contribution < -0.4 is 14.8 Å². The van der Waals surface area contributed by atoms with E-state index in [-0.39, 0.29) is 24.1 Å². The minimum absolute atomic E-state index is 0.222. The molecule has 3 aromatic heterocycles. The quantitative estimate of drug-likeness (QED) is 0.366. The average molecular weight is 491 g/mol. The molecule has 0 bridgehead atoms. The lowest BCUT2D eigenvalue weighted by Gasteiger charge is -2.10. The second kappa shape index (κ2) is 9.60. The van der Waals surface area contributed by atoms with Crippen molar-refractivity contribution in [1.82, 2.24) is 19.7 Å². The topological polar surface area (TPSA) is 77.8 Å². The zero-order chi connectivity index (χ0) is 24.3. The number of carbonyl (C=O) groups is 1. The van der Waals surface area contributed by atoms with E-state index in [1.165, 1.54) is 18.3 Å². The van der Waals surface area contributed by atoms with Crippen LogP contribution >= 0.6 is 11.6 Å². The van der Waals surface area contributed by atoms with Crippen LogP contribution in [0.5, 0.6) is 17.4 Å². The first-order chi connectivity index (χ1) is 16.2. The van der Waals surface area contributed by atoms with Crippen LogP contribution in [0.2, 0.25) is 5.02 Å². The molecule has 0 unspecified atom stereocenters. The van der Waals surface area contributed by atoms with Crippen molar-refractivity contribution < 1.29 is 27.4 Å². The average Bonchev–Trinajstić information content (AvgIpc) is 3.16. The monoisotopic (exact) mass is 490 g/mol. The molecule has 34 heavy (non-hydrogen) atoms. The summed E-state index contributed by atoms with van der Waals surface area (Å²) in [6.45, 7) is 2.14. The smallest absolute Gasteiger partial charge is 0.439 e. The number of nitrogens with zero attached hydrogens (tertiary/aromatic N) is 3. The third-order valence-electron chi connectivity index (χ3n) is 4.74. The number of fused-ring (bicyclic) bond motifs is 1. The molecule has 0 saturated heterocycles. The van der Waals surface area contributed by atoms with E-state index in [4.69, 9.17) is 16.3 Å². The summed E-state index contributed by atoms with van der Waals surface area (Å²) in [4.78, 5) is 21.5. The maximum absolute atomic E-state index is 12.8. The van der Waals surface area contributed by atoms with Crippen molar-refractivity contribution in [3.63, 3.8) is 0 Å². The van der Waals surface area contributed by atoms with Gasteiger partial charge in [0, 0.05) is 36.1 Å². The van der Waals surface area contributed by atoms with Crippen LogP contribution in [0.15, 0.2) is 60.9 Å². The zero-order valence-corrected chi connectivity index (χ0v) is 18.5. The molecule has 4 aromatic rings. The van der Waals surface area contributed by atoms with Gasteiger partial charge in [-0.15, -0.1) is 13.2 Å². The highest BCUT2D eigenvalue weighted by Gasteiger charge is 2.31. The maximum Gasteiger partial charge on any atom is 0.573 e. The Hall–Kier alpha value is -3.79. The van der Waals surface area contributed by atoms with Crippen molar-refractivity contribution in [1.29, 1.82) is 0 Å². The van der Waals surface area contributed by atoms with Crippen molar-refractivity contribution in [3.05, 3.63) is 82.9 Å². The predicted octanol–water partition coefficient (Wildman–Crippen LogP) is 5.57. The molecule has 0 radical (unpaired) electrons. The lowest BCUT2D eigenvalue weighted by Crippen LogP contribution is -2.25. The highest BCUT2D eigenvalue weighted by molar-refractivity contribution is 6.30. The van der Waals surface area contributed by atoms with Gasteiger partial charge in [0.2, 0.25) is 5.88 Å². The van der Waals surface area contributed by atoms with Crippen LogP contribution in [0.1, 0.15) is 28.7 Å². The van der Waals surface area contributed by atoms with Crippen molar-refractivity contribution in [2.24, 2.45) is 0 Å². The number of halogens is 4. The van der Waals surface area contributed by atoms with E-state index in [2.05, 4.69) is 20.0 Å². The van der Waals surface area contributed by atoms with Crippen LogP contribution in [0, 0.1) is 0 Å². The molecule has 7 nitrogen and oxygen atoms in total. The molecule has 1 amide bonds. The van der Waals surface area contributed by atoms with Gasteiger partial charge in [0.1, 0.15) is 22.8 Å². The summed E-state index contributed by atoms with van der Waals surface area (Å²) in [6, 6.07) is 11.7. The summed E-state index contributed by atoms with van der Waals surface area (Å²) < 4.78 is 47.8. The minimum atomic E-state index is -4.76. The molecule has 176 valence electrons. The molecule has 0 atom stereocenters. The number of alkyl halides is 3. The second-order valence-electron chi connectivity index (χ2n) is 7.14. The number of ether oxygens (including phenoxy) is 2. The fraction of sp³-hybridized carbons (Fsp3) is 0.174. The number of aryl methyl sites for hydroxylation is 1. The summed E-state index contributed by atoms with van der Waals surface area (Å²) >= 11 is 6.02. The number of imidazole rings is 1. The molecular weight excluding hydrogens is 473 g/mol. The third kappa shape index (κ3) is 5.57. The molecule has 0 saturated carbocycles. The van der Waals surface area contributed by atoms with E-state index in [1.54, 1.807) is 34.9 Å². The fourth-order valence-corrected chi connectivity index (χ4v) is 3.38. The zero-order valence-electron chi connectivity index (χ0n) is 17.8. The Morgan fingerprint density at radius 1 is 1.12 bits per heavy atom. The lowest BCUT2D eigenvalue weighted by molar-refractivity contribution is -0.274. The standard InChI is InChI=1S/C23H18ClF3N4O3/c1-2-18-21(31-10-9-15(24)11-19(31)30-18)22(32)29-13-14-3-8-20(28-12-14)33-16-4-6-17(7-5-16)34-23(25,26)27/h3-12H,2,13H2,1H3,(H,29,32). The number of hydrogen-bond donors (Lipinski definition) is 1. The lowest BCUT2D eigenvalue weighted by atomic mass is 10.2. The Balaban J connectivity index is 1.38. The summed E-state index contributed by atoms with van der Waals surface area (Å²) in [6.07, 6.45) is -0.939. The van der Waals surface area contributed by atoms with E-state index in [9.17, 15) is 18.0 Å². The highest BCUT2D eigenvalue weighted by Crippen LogP contribution is 2.26. The van der Waals surface area contributed by atoms with Crippen molar-refractivity contribution >= 4 is 23.2 Å². The highest BCUT2D eigenvalue weighted by atomic mass is 35.5. The summed E-state index contributed by atoms with van der Waals surface area (Å²) in [7, 11) is 0.